The molecule has 1 aliphatic rings. The summed E-state index contributed by atoms with van der Waals surface area (Å²) < 4.78 is 0. The highest BCUT2D eigenvalue weighted by Crippen LogP contribution is 2.30. The van der Waals surface area contributed by atoms with Gasteiger partial charge in [-0.1, -0.05) is 42.5 Å². The van der Waals surface area contributed by atoms with Gasteiger partial charge in [-0.2, -0.15) is 0 Å². The van der Waals surface area contributed by atoms with Crippen LogP contribution in [0.4, 0.5) is 28.8 Å². The molecule has 2 N–H and O–H groups in total. The first kappa shape index (κ1) is 21.0. The molecule has 1 fully saturated rings. The molecule has 1 aliphatic heterocycles. The number of nitrogens with one attached hydrogen (secondary N) is 2. The van der Waals surface area contributed by atoms with Crippen molar-refractivity contribution < 1.29 is 0 Å². The summed E-state index contributed by atoms with van der Waals surface area (Å²) in [6, 6.07) is 28.2. The molecule has 6 rings (SSSR count). The topological polar surface area (TPSA) is 78.9 Å². The Kier molecular flexibility index (Phi) is 5.64. The number of benzene rings is 3. The third-order valence-electron chi connectivity index (χ3n) is 6.11. The average Bonchev–Trinajstić information content (AvgIpc) is 3.45. The van der Waals surface area contributed by atoms with Gasteiger partial charge in [0, 0.05) is 36.1 Å². The number of para-hydroxylation sites is 2. The number of nitrogens with zero attached hydrogens (tertiary/aromatic N) is 5. The van der Waals surface area contributed by atoms with Crippen molar-refractivity contribution in [1.82, 2.24) is 19.9 Å². The summed E-state index contributed by atoms with van der Waals surface area (Å²) in [4.78, 5) is 20.9. The minimum Gasteiger partial charge on any atom is -0.354 e. The minimum absolute atomic E-state index is 0.747. The van der Waals surface area contributed by atoms with E-state index in [-0.39, 0.29) is 0 Å². The number of hydrogen-bond donors (Lipinski definition) is 2. The molecule has 0 saturated carbocycles. The average molecular weight is 460 g/mol. The molecule has 7 heteroatoms. The number of hydrogen-bond acceptors (Lipinski definition) is 7. The zero-order chi connectivity index (χ0) is 23.5. The van der Waals surface area contributed by atoms with Gasteiger partial charge < -0.3 is 15.5 Å². The lowest BCUT2D eigenvalue weighted by Crippen LogP contribution is -2.21. The van der Waals surface area contributed by atoms with Crippen LogP contribution < -0.4 is 15.5 Å². The lowest BCUT2D eigenvalue weighted by Gasteiger charge is -2.20. The number of aromatic nitrogens is 4. The molecular weight excluding hydrogens is 434 g/mol. The molecule has 0 radical (unpaired) electrons. The van der Waals surface area contributed by atoms with E-state index in [1.54, 1.807) is 6.33 Å². The van der Waals surface area contributed by atoms with Gasteiger partial charge in [0.05, 0.1) is 16.7 Å². The zero-order valence-corrected chi connectivity index (χ0v) is 19.2. The number of fused-ring (bicyclic) bond motifs is 1. The van der Waals surface area contributed by atoms with Crippen molar-refractivity contribution in [3.63, 3.8) is 0 Å². The van der Waals surface area contributed by atoms with Crippen LogP contribution in [0.15, 0.2) is 91.3 Å². The fraction of sp³-hybridized carbons (Fsp3) is 0.143. The second-order valence-electron chi connectivity index (χ2n) is 8.56. The first-order valence-corrected chi connectivity index (χ1v) is 11.9. The second kappa shape index (κ2) is 9.38. The predicted molar refractivity (Wildman–Crippen MR) is 141 cm³/mol. The van der Waals surface area contributed by atoms with E-state index in [0.29, 0.717) is 0 Å². The van der Waals surface area contributed by atoms with Crippen LogP contribution in [0.25, 0.3) is 22.3 Å². The molecule has 3 heterocycles. The molecule has 3 aromatic carbocycles. The van der Waals surface area contributed by atoms with E-state index in [4.69, 9.17) is 9.97 Å². The smallest absolute Gasteiger partial charge is 0.174 e. The Morgan fingerprint density at radius 2 is 1.31 bits per heavy atom. The molecule has 35 heavy (non-hydrogen) atoms. The molecule has 172 valence electrons. The Balaban J connectivity index is 1.23. The highest BCUT2D eigenvalue weighted by molar-refractivity contribution is 5.82. The van der Waals surface area contributed by atoms with Crippen LogP contribution in [0, 0.1) is 0 Å². The van der Waals surface area contributed by atoms with Gasteiger partial charge in [-0.15, -0.1) is 0 Å². The maximum atomic E-state index is 4.93. The van der Waals surface area contributed by atoms with Crippen LogP contribution in [0.2, 0.25) is 0 Å². The Bertz CT molecular complexity index is 1450. The van der Waals surface area contributed by atoms with Gasteiger partial charge in [0.2, 0.25) is 0 Å². The van der Waals surface area contributed by atoms with Crippen molar-refractivity contribution in [3.8, 4) is 11.3 Å². The molecule has 1 saturated heterocycles. The van der Waals surface area contributed by atoms with Crippen LogP contribution in [0.1, 0.15) is 12.8 Å². The Hall–Kier alpha value is -4.52. The summed E-state index contributed by atoms with van der Waals surface area (Å²) in [6.45, 7) is 2.02. The van der Waals surface area contributed by atoms with Gasteiger partial charge in [-0.25, -0.2) is 19.9 Å². The van der Waals surface area contributed by atoms with Gasteiger partial charge in [-0.3, -0.25) is 0 Å². The highest BCUT2D eigenvalue weighted by Gasteiger charge is 2.19. The van der Waals surface area contributed by atoms with Crippen LogP contribution >= 0.6 is 0 Å². The first-order valence-electron chi connectivity index (χ1n) is 11.9. The summed E-state index contributed by atoms with van der Waals surface area (Å²) in [5.74, 6) is 2.45. The van der Waals surface area contributed by atoms with Crippen molar-refractivity contribution in [2.45, 2.75) is 12.8 Å². The molecule has 0 amide bonds. The van der Waals surface area contributed by atoms with Crippen molar-refractivity contribution >= 4 is 39.9 Å². The molecule has 0 aliphatic carbocycles. The van der Waals surface area contributed by atoms with E-state index < -0.39 is 0 Å². The summed E-state index contributed by atoms with van der Waals surface area (Å²) in [6.07, 6.45) is 3.95. The van der Waals surface area contributed by atoms with E-state index in [2.05, 4.69) is 25.5 Å². The summed E-state index contributed by atoms with van der Waals surface area (Å²) in [5.41, 5.74) is 5.63. The van der Waals surface area contributed by atoms with Gasteiger partial charge in [0.15, 0.2) is 11.6 Å². The molecule has 0 atom stereocenters. The van der Waals surface area contributed by atoms with Gasteiger partial charge in [0.25, 0.3) is 0 Å². The molecule has 0 bridgehead atoms. The van der Waals surface area contributed by atoms with Crippen molar-refractivity contribution in [3.05, 3.63) is 91.3 Å². The lowest BCUT2D eigenvalue weighted by atomic mass is 10.1. The third-order valence-corrected chi connectivity index (χ3v) is 6.11. The maximum absolute atomic E-state index is 4.93. The number of rotatable bonds is 6. The SMILES string of the molecule is c1ccc(-c2cc(Nc3ccc(Nc4nc5ccccc5nc4N4CCCC4)cc3)ncn2)cc1. The summed E-state index contributed by atoms with van der Waals surface area (Å²) in [5, 5.41) is 6.86. The molecule has 2 aromatic heterocycles. The molecule has 0 unspecified atom stereocenters. The predicted octanol–water partition coefficient (Wildman–Crippen LogP) is 6.17. The number of anilines is 5. The van der Waals surface area contributed by atoms with Crippen molar-refractivity contribution in [2.24, 2.45) is 0 Å². The fourth-order valence-electron chi connectivity index (χ4n) is 4.34. The van der Waals surface area contributed by atoms with Crippen molar-refractivity contribution in [1.29, 1.82) is 0 Å². The fourth-order valence-corrected chi connectivity index (χ4v) is 4.34. The van der Waals surface area contributed by atoms with Gasteiger partial charge >= 0.3 is 0 Å². The largest absolute Gasteiger partial charge is 0.354 e. The standard InChI is InChI=1S/C28H25N7/c1-2-8-20(9-3-1)25-18-26(30-19-29-25)31-21-12-14-22(15-13-21)32-27-28(35-16-6-7-17-35)34-24-11-5-4-10-23(24)33-27/h1-5,8-15,18-19H,6-7,16-17H2,(H,32,33)(H,29,30,31). The molecule has 0 spiro atoms. The first-order chi connectivity index (χ1) is 17.3. The Labute approximate surface area is 203 Å². The van der Waals surface area contributed by atoms with E-state index in [1.165, 1.54) is 12.8 Å². The maximum Gasteiger partial charge on any atom is 0.174 e. The van der Waals surface area contributed by atoms with Crippen LogP contribution in [-0.4, -0.2) is 33.0 Å². The van der Waals surface area contributed by atoms with Gasteiger partial charge in [-0.05, 0) is 49.2 Å². The quantitative estimate of drug-likeness (QED) is 0.314. The summed E-state index contributed by atoms with van der Waals surface area (Å²) in [7, 11) is 0. The molecule has 7 nitrogen and oxygen atoms in total. The normalized spacial score (nSPS) is 13.2. The Morgan fingerprint density at radius 1 is 0.657 bits per heavy atom. The third kappa shape index (κ3) is 4.61. The summed E-state index contributed by atoms with van der Waals surface area (Å²) >= 11 is 0. The van der Waals surface area contributed by atoms with Crippen LogP contribution in [0.5, 0.6) is 0 Å². The van der Waals surface area contributed by atoms with Gasteiger partial charge in [0.1, 0.15) is 12.1 Å². The van der Waals surface area contributed by atoms with E-state index in [0.717, 1.165) is 64.2 Å². The highest BCUT2D eigenvalue weighted by atomic mass is 15.2. The van der Waals surface area contributed by atoms with Crippen molar-refractivity contribution in [2.75, 3.05) is 28.6 Å². The molecular formula is C28H25N7. The van der Waals surface area contributed by atoms with E-state index in [1.807, 2.05) is 84.9 Å². The van der Waals surface area contributed by atoms with Crippen LogP contribution in [-0.2, 0) is 0 Å². The minimum atomic E-state index is 0.747. The van der Waals surface area contributed by atoms with E-state index in [9.17, 15) is 0 Å². The lowest BCUT2D eigenvalue weighted by molar-refractivity contribution is 0.939. The van der Waals surface area contributed by atoms with Crippen LogP contribution in [0.3, 0.4) is 0 Å². The van der Waals surface area contributed by atoms with E-state index >= 15 is 0 Å². The second-order valence-corrected chi connectivity index (χ2v) is 8.56. The monoisotopic (exact) mass is 459 g/mol. The molecule has 5 aromatic rings. The Morgan fingerprint density at radius 3 is 2.06 bits per heavy atom. The zero-order valence-electron chi connectivity index (χ0n) is 19.2.